The number of aromatic nitrogens is 2. The van der Waals surface area contributed by atoms with E-state index in [-0.39, 0.29) is 6.04 Å². The largest absolute Gasteiger partial charge is 0.466 e. The van der Waals surface area contributed by atoms with E-state index >= 15 is 0 Å². The van der Waals surface area contributed by atoms with Crippen LogP contribution >= 0.6 is 23.2 Å². The van der Waals surface area contributed by atoms with Crippen molar-refractivity contribution in [1.82, 2.24) is 9.55 Å². The fourth-order valence-electron chi connectivity index (χ4n) is 2.85. The van der Waals surface area contributed by atoms with Gasteiger partial charge in [-0.3, -0.25) is 0 Å². The van der Waals surface area contributed by atoms with Gasteiger partial charge in [-0.1, -0.05) is 11.6 Å². The number of furan rings is 1. The maximum atomic E-state index is 6.14. The molecule has 0 radical (unpaired) electrons. The quantitative estimate of drug-likeness (QED) is 0.617. The van der Waals surface area contributed by atoms with Gasteiger partial charge in [-0.25, -0.2) is 4.98 Å². The first-order chi connectivity index (χ1) is 10.0. The molecule has 0 saturated heterocycles. The van der Waals surface area contributed by atoms with Gasteiger partial charge in [-0.2, -0.15) is 0 Å². The lowest BCUT2D eigenvalue weighted by molar-refractivity contribution is 0.494. The van der Waals surface area contributed by atoms with Gasteiger partial charge in [0, 0.05) is 10.6 Å². The molecule has 0 N–H and O–H groups in total. The Hall–Kier alpha value is -1.45. The lowest BCUT2D eigenvalue weighted by Gasteiger charge is -2.16. The second kappa shape index (κ2) is 5.39. The average Bonchev–Trinajstić information content (AvgIpc) is 2.97. The molecule has 3 rings (SSSR count). The first-order valence-corrected chi connectivity index (χ1v) is 7.71. The Balaban J connectivity index is 2.22. The molecule has 0 aliphatic heterocycles. The van der Waals surface area contributed by atoms with Crippen molar-refractivity contribution in [3.8, 4) is 0 Å². The van der Waals surface area contributed by atoms with E-state index < -0.39 is 0 Å². The molecule has 0 amide bonds. The highest BCUT2D eigenvalue weighted by Crippen LogP contribution is 2.31. The maximum Gasteiger partial charge on any atom is 0.125 e. The zero-order valence-electron chi connectivity index (χ0n) is 12.2. The minimum Gasteiger partial charge on any atom is -0.466 e. The lowest BCUT2D eigenvalue weighted by atomic mass is 10.1. The van der Waals surface area contributed by atoms with Crippen LogP contribution in [0.15, 0.2) is 28.7 Å². The molecule has 2 heterocycles. The van der Waals surface area contributed by atoms with Crippen LogP contribution in [0.4, 0.5) is 0 Å². The van der Waals surface area contributed by atoms with Crippen LogP contribution in [-0.2, 0) is 5.88 Å². The Morgan fingerprint density at radius 3 is 2.67 bits per heavy atom. The maximum absolute atomic E-state index is 6.14. The van der Waals surface area contributed by atoms with E-state index in [0.29, 0.717) is 10.9 Å². The predicted molar refractivity (Wildman–Crippen MR) is 86.3 cm³/mol. The van der Waals surface area contributed by atoms with Crippen molar-refractivity contribution in [3.05, 3.63) is 52.2 Å². The van der Waals surface area contributed by atoms with Crippen LogP contribution < -0.4 is 0 Å². The fraction of sp³-hybridized carbons (Fsp3) is 0.312. The molecule has 0 saturated carbocycles. The van der Waals surface area contributed by atoms with Crippen LogP contribution in [0.2, 0.25) is 5.02 Å². The summed E-state index contributed by atoms with van der Waals surface area (Å²) in [5.41, 5.74) is 3.03. The van der Waals surface area contributed by atoms with Crippen LogP contribution in [0, 0.1) is 13.8 Å². The molecule has 3 aromatic rings. The Kier molecular flexibility index (Phi) is 3.72. The van der Waals surface area contributed by atoms with Crippen LogP contribution in [0.5, 0.6) is 0 Å². The van der Waals surface area contributed by atoms with E-state index in [9.17, 15) is 0 Å². The van der Waals surface area contributed by atoms with Crippen LogP contribution in [0.25, 0.3) is 11.0 Å². The van der Waals surface area contributed by atoms with Gasteiger partial charge in [0.25, 0.3) is 0 Å². The molecule has 0 aliphatic rings. The summed E-state index contributed by atoms with van der Waals surface area (Å²) in [6, 6.07) is 7.84. The minimum atomic E-state index is 0.0830. The second-order valence-corrected chi connectivity index (χ2v) is 5.91. The van der Waals surface area contributed by atoms with E-state index in [0.717, 1.165) is 33.9 Å². The zero-order valence-corrected chi connectivity index (χ0v) is 13.7. The molecular weight excluding hydrogens is 307 g/mol. The highest BCUT2D eigenvalue weighted by Gasteiger charge is 2.20. The Bertz CT molecular complexity index is 804. The number of rotatable bonds is 3. The highest BCUT2D eigenvalue weighted by molar-refractivity contribution is 6.31. The molecule has 1 aromatic carbocycles. The van der Waals surface area contributed by atoms with Crippen molar-refractivity contribution in [3.63, 3.8) is 0 Å². The van der Waals surface area contributed by atoms with E-state index in [2.05, 4.69) is 22.5 Å². The van der Waals surface area contributed by atoms with E-state index in [4.69, 9.17) is 27.6 Å². The number of nitrogens with zero attached hydrogens (tertiary/aromatic N) is 2. The summed E-state index contributed by atoms with van der Waals surface area (Å²) < 4.78 is 7.78. The number of aryl methyl sites for hydroxylation is 2. The summed E-state index contributed by atoms with van der Waals surface area (Å²) in [7, 11) is 0. The zero-order chi connectivity index (χ0) is 15.1. The SMILES string of the molecule is Cc1cc(C(C)n2c(CCl)nc3ccc(Cl)cc32)c(C)o1. The third-order valence-corrected chi connectivity index (χ3v) is 4.24. The molecule has 2 aromatic heterocycles. The molecule has 0 fully saturated rings. The molecule has 0 spiro atoms. The Morgan fingerprint density at radius 2 is 2.05 bits per heavy atom. The van der Waals surface area contributed by atoms with E-state index in [1.54, 1.807) is 0 Å². The van der Waals surface area contributed by atoms with Gasteiger partial charge < -0.3 is 8.98 Å². The molecule has 0 bridgehead atoms. The van der Waals surface area contributed by atoms with Crippen molar-refractivity contribution in [2.75, 3.05) is 0 Å². The summed E-state index contributed by atoms with van der Waals surface area (Å²) in [4.78, 5) is 4.60. The Labute approximate surface area is 133 Å². The summed E-state index contributed by atoms with van der Waals surface area (Å²) in [5, 5.41) is 0.692. The van der Waals surface area contributed by atoms with Crippen molar-refractivity contribution >= 4 is 34.2 Å². The van der Waals surface area contributed by atoms with E-state index in [1.165, 1.54) is 0 Å². The van der Waals surface area contributed by atoms with Gasteiger partial charge in [0.1, 0.15) is 17.3 Å². The Morgan fingerprint density at radius 1 is 1.29 bits per heavy atom. The monoisotopic (exact) mass is 322 g/mol. The van der Waals surface area contributed by atoms with Gasteiger partial charge >= 0.3 is 0 Å². The van der Waals surface area contributed by atoms with Crippen LogP contribution in [0.1, 0.15) is 35.9 Å². The lowest BCUT2D eigenvalue weighted by Crippen LogP contribution is -2.10. The predicted octanol–water partition coefficient (Wildman–Crippen LogP) is 5.25. The van der Waals surface area contributed by atoms with Gasteiger partial charge in [-0.05, 0) is 45.0 Å². The standard InChI is InChI=1S/C16H16Cl2N2O/c1-9-6-13(11(3)21-9)10(2)20-15-7-12(18)4-5-14(15)19-16(20)8-17/h4-7,10H,8H2,1-3H3. The average molecular weight is 323 g/mol. The molecule has 0 aliphatic carbocycles. The van der Waals surface area contributed by atoms with E-state index in [1.807, 2.05) is 32.0 Å². The number of halogens is 2. The third-order valence-electron chi connectivity index (χ3n) is 3.76. The number of hydrogen-bond donors (Lipinski definition) is 0. The smallest absolute Gasteiger partial charge is 0.125 e. The number of alkyl halides is 1. The van der Waals surface area contributed by atoms with Crippen molar-refractivity contribution in [2.45, 2.75) is 32.7 Å². The van der Waals surface area contributed by atoms with Gasteiger partial charge in [-0.15, -0.1) is 11.6 Å². The van der Waals surface area contributed by atoms with Gasteiger partial charge in [0.2, 0.25) is 0 Å². The van der Waals surface area contributed by atoms with Crippen LogP contribution in [0.3, 0.4) is 0 Å². The molecule has 5 heteroatoms. The van der Waals surface area contributed by atoms with Crippen LogP contribution in [-0.4, -0.2) is 9.55 Å². The van der Waals surface area contributed by atoms with Gasteiger partial charge in [0.15, 0.2) is 0 Å². The topological polar surface area (TPSA) is 31.0 Å². The van der Waals surface area contributed by atoms with Gasteiger partial charge in [0.05, 0.1) is 23.0 Å². The first kappa shape index (κ1) is 14.5. The number of imidazole rings is 1. The number of hydrogen-bond acceptors (Lipinski definition) is 2. The molecular formula is C16H16Cl2N2O. The van der Waals surface area contributed by atoms with Crippen molar-refractivity contribution < 1.29 is 4.42 Å². The summed E-state index contributed by atoms with van der Waals surface area (Å²) in [6.07, 6.45) is 0. The summed E-state index contributed by atoms with van der Waals surface area (Å²) in [5.74, 6) is 3.01. The fourth-order valence-corrected chi connectivity index (χ4v) is 3.20. The number of benzene rings is 1. The molecule has 3 nitrogen and oxygen atoms in total. The normalized spacial score (nSPS) is 13.0. The number of fused-ring (bicyclic) bond motifs is 1. The summed E-state index contributed by atoms with van der Waals surface area (Å²) in [6.45, 7) is 6.05. The molecule has 110 valence electrons. The second-order valence-electron chi connectivity index (χ2n) is 5.21. The summed E-state index contributed by atoms with van der Waals surface area (Å²) >= 11 is 12.2. The van der Waals surface area contributed by atoms with Crippen molar-refractivity contribution in [1.29, 1.82) is 0 Å². The molecule has 21 heavy (non-hydrogen) atoms. The third kappa shape index (κ3) is 2.45. The molecule has 1 unspecified atom stereocenters. The van der Waals surface area contributed by atoms with Crippen molar-refractivity contribution in [2.24, 2.45) is 0 Å². The molecule has 1 atom stereocenters. The first-order valence-electron chi connectivity index (χ1n) is 6.80. The minimum absolute atomic E-state index is 0.0830. The highest BCUT2D eigenvalue weighted by atomic mass is 35.5.